The van der Waals surface area contributed by atoms with E-state index in [0.29, 0.717) is 0 Å². The number of hydrogen-bond acceptors (Lipinski definition) is 1. The van der Waals surface area contributed by atoms with E-state index < -0.39 is 0 Å². The highest BCUT2D eigenvalue weighted by Crippen LogP contribution is 1.65. The molecule has 0 aliphatic carbocycles. The lowest BCUT2D eigenvalue weighted by Crippen LogP contribution is -2.15. The van der Waals surface area contributed by atoms with E-state index in [9.17, 15) is 4.79 Å². The largest absolute Gasteiger partial charge is 0.460 e. The van der Waals surface area contributed by atoms with Crippen LogP contribution in [-0.4, -0.2) is 22.4 Å². The van der Waals surface area contributed by atoms with Crippen molar-refractivity contribution < 1.29 is 4.79 Å². The van der Waals surface area contributed by atoms with Gasteiger partial charge in [-0.05, 0) is 13.0 Å². The third-order valence-corrected chi connectivity index (χ3v) is 0.745. The molecule has 0 aromatic carbocycles. The summed E-state index contributed by atoms with van der Waals surface area (Å²) in [7, 11) is 0. The predicted molar refractivity (Wildman–Crippen MR) is 28.7 cm³/mol. The maximum Gasteiger partial charge on any atom is 0.310 e. The van der Waals surface area contributed by atoms with Gasteiger partial charge in [-0.1, -0.05) is 6.08 Å². The van der Waals surface area contributed by atoms with Gasteiger partial charge in [0.15, 0.2) is 0 Å². The fourth-order valence-corrected chi connectivity index (χ4v) is 0.296. The monoisotopic (exact) mass is 111 g/mol. The van der Waals surface area contributed by atoms with Gasteiger partial charge in [0.25, 0.3) is 0 Å². The van der Waals surface area contributed by atoms with E-state index in [1.165, 1.54) is 6.08 Å². The highest BCUT2D eigenvalue weighted by atomic mass is 27.1. The highest BCUT2D eigenvalue weighted by molar-refractivity contribution is 6.16. The van der Waals surface area contributed by atoms with Crippen molar-refractivity contribution in [2.45, 2.75) is 6.92 Å². The molecular weight excluding hydrogens is 105 g/mol. The van der Waals surface area contributed by atoms with Gasteiger partial charge in [-0.25, -0.2) is 0 Å². The van der Waals surface area contributed by atoms with Crippen LogP contribution in [0.25, 0.3) is 0 Å². The number of allylic oxidation sites excluding steroid dienone is 1. The lowest BCUT2D eigenvalue weighted by atomic mass is 10.5. The Bertz CT molecular complexity index is 89.7. The second kappa shape index (κ2) is 3.92. The molecule has 36 valence electrons. The first kappa shape index (κ1) is 6.74. The van der Waals surface area contributed by atoms with Crippen molar-refractivity contribution >= 4 is 22.4 Å². The van der Waals surface area contributed by atoms with Crippen molar-refractivity contribution in [3.05, 3.63) is 12.2 Å². The van der Waals surface area contributed by atoms with Gasteiger partial charge in [-0.15, -0.1) is 0 Å². The topological polar surface area (TPSA) is 29.1 Å². The Morgan fingerprint density at radius 1 is 1.86 bits per heavy atom. The molecular formula is C4H6AlNO. The molecule has 0 fully saturated rings. The highest BCUT2D eigenvalue weighted by Gasteiger charge is 1.80. The maximum absolute atomic E-state index is 10.2. The van der Waals surface area contributed by atoms with Crippen LogP contribution in [0.3, 0.4) is 0 Å². The number of hydrogen-bond donors (Lipinski definition) is 1. The quantitative estimate of drug-likeness (QED) is 0.367. The van der Waals surface area contributed by atoms with Crippen LogP contribution in [0.4, 0.5) is 0 Å². The van der Waals surface area contributed by atoms with Gasteiger partial charge in [-0.3, -0.25) is 4.79 Å². The average molecular weight is 111 g/mol. The molecule has 0 saturated heterocycles. The number of carbonyl (C=O) groups is 1. The summed E-state index contributed by atoms with van der Waals surface area (Å²) in [6, 6.07) is 0. The van der Waals surface area contributed by atoms with Crippen LogP contribution in [0.1, 0.15) is 6.92 Å². The van der Waals surface area contributed by atoms with Crippen molar-refractivity contribution in [1.82, 2.24) is 4.30 Å². The van der Waals surface area contributed by atoms with Gasteiger partial charge in [0, 0.05) is 0 Å². The van der Waals surface area contributed by atoms with Gasteiger partial charge in [0.1, 0.15) is 0 Å². The smallest absolute Gasteiger partial charge is 0.310 e. The molecule has 3 heteroatoms. The molecule has 0 aromatic rings. The Morgan fingerprint density at radius 2 is 2.43 bits per heavy atom. The Morgan fingerprint density at radius 3 is 2.57 bits per heavy atom. The van der Waals surface area contributed by atoms with E-state index in [1.54, 1.807) is 13.0 Å². The fraction of sp³-hybridized carbons (Fsp3) is 0.250. The SMILES string of the molecule is C/C=C\C(=O)[NH][Al]. The number of nitrogens with one attached hydrogen (secondary N) is 1. The van der Waals surface area contributed by atoms with E-state index in [2.05, 4.69) is 20.8 Å². The average Bonchev–Trinajstić information content (AvgIpc) is 1.68. The molecule has 0 bridgehead atoms. The van der Waals surface area contributed by atoms with Crippen molar-refractivity contribution in [2.24, 2.45) is 0 Å². The van der Waals surface area contributed by atoms with Gasteiger partial charge in [0.2, 0.25) is 5.91 Å². The minimum Gasteiger partial charge on any atom is -0.460 e. The van der Waals surface area contributed by atoms with E-state index in [0.717, 1.165) is 0 Å². The molecule has 2 nitrogen and oxygen atoms in total. The zero-order valence-corrected chi connectivity index (χ0v) is 5.29. The van der Waals surface area contributed by atoms with Crippen LogP contribution in [0.2, 0.25) is 0 Å². The zero-order valence-electron chi connectivity index (χ0n) is 4.14. The first-order valence-corrected chi connectivity index (χ1v) is 2.52. The maximum atomic E-state index is 10.2. The van der Waals surface area contributed by atoms with Crippen molar-refractivity contribution in [2.75, 3.05) is 0 Å². The first-order chi connectivity index (χ1) is 3.31. The fourth-order valence-electron chi connectivity index (χ4n) is 0.199. The Hall–Kier alpha value is -0.258. The Balaban J connectivity index is 3.37. The molecule has 0 rings (SSSR count). The summed E-state index contributed by atoms with van der Waals surface area (Å²) in [6.45, 7) is 1.79. The number of carbonyl (C=O) groups excluding carboxylic acids is 1. The molecule has 0 aromatic heterocycles. The van der Waals surface area contributed by atoms with Crippen LogP contribution in [0, 0.1) is 0 Å². The van der Waals surface area contributed by atoms with E-state index in [1.807, 2.05) is 0 Å². The summed E-state index contributed by atoms with van der Waals surface area (Å²) >= 11 is 2.12. The van der Waals surface area contributed by atoms with Gasteiger partial charge < -0.3 is 4.30 Å². The molecule has 0 saturated carbocycles. The molecule has 0 aliphatic heterocycles. The molecule has 2 radical (unpaired) electrons. The minimum atomic E-state index is -0.0903. The number of amides is 1. The lowest BCUT2D eigenvalue weighted by Gasteiger charge is -1.86. The first-order valence-electron chi connectivity index (χ1n) is 1.94. The third kappa shape index (κ3) is 3.58. The van der Waals surface area contributed by atoms with Crippen LogP contribution in [-0.2, 0) is 4.79 Å². The Labute approximate surface area is 51.2 Å². The van der Waals surface area contributed by atoms with Crippen molar-refractivity contribution in [3.8, 4) is 0 Å². The molecule has 0 atom stereocenters. The molecule has 1 N–H and O–H groups in total. The summed E-state index contributed by atoms with van der Waals surface area (Å²) in [5.74, 6) is -0.0903. The number of rotatable bonds is 1. The summed E-state index contributed by atoms with van der Waals surface area (Å²) < 4.78 is 2.36. The molecule has 1 amide bonds. The van der Waals surface area contributed by atoms with Gasteiger partial charge in [-0.2, -0.15) is 0 Å². The lowest BCUT2D eigenvalue weighted by molar-refractivity contribution is -0.114. The van der Waals surface area contributed by atoms with Crippen LogP contribution >= 0.6 is 0 Å². The normalized spacial score (nSPS) is 9.29. The van der Waals surface area contributed by atoms with Crippen LogP contribution < -0.4 is 4.30 Å². The van der Waals surface area contributed by atoms with Crippen molar-refractivity contribution in [3.63, 3.8) is 0 Å². The van der Waals surface area contributed by atoms with Crippen molar-refractivity contribution in [1.29, 1.82) is 0 Å². The third-order valence-electron chi connectivity index (χ3n) is 0.460. The summed E-state index contributed by atoms with van der Waals surface area (Å²) in [5.41, 5.74) is 0. The molecule has 0 spiro atoms. The summed E-state index contributed by atoms with van der Waals surface area (Å²) in [6.07, 6.45) is 3.13. The van der Waals surface area contributed by atoms with E-state index >= 15 is 0 Å². The molecule has 0 unspecified atom stereocenters. The second-order valence-electron chi connectivity index (χ2n) is 1.01. The van der Waals surface area contributed by atoms with Gasteiger partial charge >= 0.3 is 16.5 Å². The van der Waals surface area contributed by atoms with Crippen LogP contribution in [0.5, 0.6) is 0 Å². The van der Waals surface area contributed by atoms with Gasteiger partial charge in [0.05, 0.1) is 0 Å². The van der Waals surface area contributed by atoms with E-state index in [-0.39, 0.29) is 5.91 Å². The standard InChI is InChI=1S/C4H7NO.Al/c1-2-3-4(5)6;/h2-3H,1H3,(H2,5,6);/q;+1/p-1/b3-2-;. The zero-order chi connectivity index (χ0) is 5.70. The molecule has 7 heavy (non-hydrogen) atoms. The summed E-state index contributed by atoms with van der Waals surface area (Å²) in [4.78, 5) is 10.2. The molecule has 0 aliphatic rings. The second-order valence-corrected chi connectivity index (χ2v) is 1.30. The predicted octanol–water partition coefficient (Wildman–Crippen LogP) is -0.238. The summed E-state index contributed by atoms with van der Waals surface area (Å²) in [5, 5.41) is 0. The van der Waals surface area contributed by atoms with Crippen LogP contribution in [0.15, 0.2) is 12.2 Å². The molecule has 0 heterocycles. The Kier molecular flexibility index (Phi) is 3.77. The minimum absolute atomic E-state index is 0.0903. The van der Waals surface area contributed by atoms with E-state index in [4.69, 9.17) is 0 Å².